The quantitative estimate of drug-likeness (QED) is 0.898. The molecule has 1 aromatic carbocycles. The summed E-state index contributed by atoms with van der Waals surface area (Å²) in [6.07, 6.45) is 0.296. The van der Waals surface area contributed by atoms with E-state index in [1.807, 2.05) is 24.3 Å². The average molecular weight is 301 g/mol. The first-order valence-corrected chi connectivity index (χ1v) is 7.37. The lowest BCUT2D eigenvalue weighted by Gasteiger charge is -2.41. The van der Waals surface area contributed by atoms with Gasteiger partial charge in [0.25, 0.3) is 0 Å². The number of para-hydroxylation sites is 1. The van der Waals surface area contributed by atoms with Crippen molar-refractivity contribution in [3.05, 3.63) is 24.3 Å². The lowest BCUT2D eigenvalue weighted by molar-refractivity contribution is -0.149. The lowest BCUT2D eigenvalue weighted by atomic mass is 9.98. The largest absolute Gasteiger partial charge is 0.352 e. The first-order valence-electron chi connectivity index (χ1n) is 7.37. The van der Waals surface area contributed by atoms with E-state index in [2.05, 4.69) is 15.6 Å². The van der Waals surface area contributed by atoms with Gasteiger partial charge in [-0.1, -0.05) is 17.3 Å². The maximum absolute atomic E-state index is 12.5. The molecule has 2 aromatic rings. The van der Waals surface area contributed by atoms with E-state index in [1.165, 1.54) is 0 Å². The number of aromatic nitrogens is 3. The summed E-state index contributed by atoms with van der Waals surface area (Å²) in [6, 6.07) is 7.64. The Morgan fingerprint density at radius 3 is 2.95 bits per heavy atom. The smallest absolute Gasteiger partial charge is 0.245 e. The number of aryl methyl sites for hydroxylation is 1. The Morgan fingerprint density at radius 2 is 2.14 bits per heavy atom. The molecule has 0 aliphatic carbocycles. The summed E-state index contributed by atoms with van der Waals surface area (Å²) < 4.78 is 1.73. The molecule has 22 heavy (non-hydrogen) atoms. The molecule has 2 heterocycles. The van der Waals surface area contributed by atoms with E-state index in [4.69, 9.17) is 0 Å². The first-order chi connectivity index (χ1) is 10.5. The maximum atomic E-state index is 12.5. The Kier molecular flexibility index (Phi) is 3.56. The highest BCUT2D eigenvalue weighted by molar-refractivity contribution is 5.91. The van der Waals surface area contributed by atoms with Crippen LogP contribution in [0.15, 0.2) is 24.3 Å². The van der Waals surface area contributed by atoms with Crippen LogP contribution in [0.4, 0.5) is 0 Å². The number of nitrogens with zero attached hydrogens (tertiary/aromatic N) is 4. The van der Waals surface area contributed by atoms with E-state index in [0.717, 1.165) is 11.0 Å². The topological polar surface area (TPSA) is 80.1 Å². The van der Waals surface area contributed by atoms with Gasteiger partial charge in [0.1, 0.15) is 11.1 Å². The van der Waals surface area contributed by atoms with Crippen LogP contribution < -0.4 is 5.32 Å². The van der Waals surface area contributed by atoms with Gasteiger partial charge < -0.3 is 10.2 Å². The zero-order valence-corrected chi connectivity index (χ0v) is 12.7. The third-order valence-electron chi connectivity index (χ3n) is 4.11. The molecule has 0 radical (unpaired) electrons. The van der Waals surface area contributed by atoms with Crippen molar-refractivity contribution in [2.45, 2.75) is 32.4 Å². The summed E-state index contributed by atoms with van der Waals surface area (Å²) in [5.74, 6) is -0.155. The fourth-order valence-corrected chi connectivity index (χ4v) is 2.76. The third-order valence-corrected chi connectivity index (χ3v) is 4.11. The van der Waals surface area contributed by atoms with Crippen LogP contribution in [0.2, 0.25) is 0 Å². The Bertz CT molecular complexity index is 722. The molecule has 7 heteroatoms. The van der Waals surface area contributed by atoms with E-state index in [-0.39, 0.29) is 11.8 Å². The van der Waals surface area contributed by atoms with Crippen LogP contribution >= 0.6 is 0 Å². The molecule has 3 rings (SSSR count). The van der Waals surface area contributed by atoms with Crippen LogP contribution in [0.3, 0.4) is 0 Å². The van der Waals surface area contributed by atoms with Gasteiger partial charge in [0.15, 0.2) is 0 Å². The SMILES string of the molecule is CC1(C)C(=O)NCCN1C(=O)CCn1nnc2ccccc21. The number of carbonyl (C=O) groups excluding carboxylic acids is 2. The Labute approximate surface area is 128 Å². The van der Waals surface area contributed by atoms with Crippen molar-refractivity contribution >= 4 is 22.8 Å². The van der Waals surface area contributed by atoms with E-state index < -0.39 is 5.54 Å². The summed E-state index contributed by atoms with van der Waals surface area (Å²) in [5, 5.41) is 10.9. The monoisotopic (exact) mass is 301 g/mol. The molecule has 116 valence electrons. The number of fused-ring (bicyclic) bond motifs is 1. The van der Waals surface area contributed by atoms with Crippen molar-refractivity contribution in [3.63, 3.8) is 0 Å². The van der Waals surface area contributed by atoms with Crippen molar-refractivity contribution in [2.24, 2.45) is 0 Å². The normalized spacial score (nSPS) is 17.5. The van der Waals surface area contributed by atoms with Gasteiger partial charge in [-0.3, -0.25) is 9.59 Å². The predicted octanol–water partition coefficient (Wildman–Crippen LogP) is 0.558. The van der Waals surface area contributed by atoms with Gasteiger partial charge in [0, 0.05) is 19.5 Å². The molecule has 0 unspecified atom stereocenters. The third kappa shape index (κ3) is 2.43. The molecule has 0 spiro atoms. The van der Waals surface area contributed by atoms with Gasteiger partial charge >= 0.3 is 0 Å². The summed E-state index contributed by atoms with van der Waals surface area (Å²) in [4.78, 5) is 26.0. The molecule has 0 atom stereocenters. The van der Waals surface area contributed by atoms with Gasteiger partial charge in [-0.2, -0.15) is 0 Å². The van der Waals surface area contributed by atoms with E-state index in [1.54, 1.807) is 23.4 Å². The van der Waals surface area contributed by atoms with Gasteiger partial charge in [0.05, 0.1) is 12.1 Å². The minimum absolute atomic E-state index is 0.0422. The van der Waals surface area contributed by atoms with Crippen LogP contribution in [0.25, 0.3) is 11.0 Å². The summed E-state index contributed by atoms with van der Waals surface area (Å²) in [6.45, 7) is 5.03. The lowest BCUT2D eigenvalue weighted by Crippen LogP contribution is -2.63. The molecule has 2 amide bonds. The fraction of sp³-hybridized carbons (Fsp3) is 0.467. The molecule has 1 aromatic heterocycles. The number of piperazine rings is 1. The molecule has 7 nitrogen and oxygen atoms in total. The molecular formula is C15H19N5O2. The number of amides is 2. The van der Waals surface area contributed by atoms with Crippen LogP contribution in [0.1, 0.15) is 20.3 Å². The molecule has 1 fully saturated rings. The maximum Gasteiger partial charge on any atom is 0.245 e. The van der Waals surface area contributed by atoms with E-state index in [0.29, 0.717) is 26.1 Å². The van der Waals surface area contributed by atoms with Crippen LogP contribution in [-0.4, -0.2) is 50.3 Å². The standard InChI is InChI=1S/C15H19N5O2/c1-15(2)14(22)16-8-10-19(15)13(21)7-9-20-12-6-4-3-5-11(12)17-18-20/h3-6H,7-10H2,1-2H3,(H,16,22). The highest BCUT2D eigenvalue weighted by Crippen LogP contribution is 2.19. The first kappa shape index (κ1) is 14.5. The summed E-state index contributed by atoms with van der Waals surface area (Å²) in [7, 11) is 0. The van der Waals surface area contributed by atoms with Crippen LogP contribution in [-0.2, 0) is 16.1 Å². The van der Waals surface area contributed by atoms with Crippen molar-refractivity contribution in [1.82, 2.24) is 25.2 Å². The zero-order chi connectivity index (χ0) is 15.7. The predicted molar refractivity (Wildman–Crippen MR) is 80.9 cm³/mol. The van der Waals surface area contributed by atoms with Crippen LogP contribution in [0, 0.1) is 0 Å². The summed E-state index contributed by atoms with van der Waals surface area (Å²) >= 11 is 0. The van der Waals surface area contributed by atoms with Gasteiger partial charge in [-0.05, 0) is 26.0 Å². The molecule has 1 aliphatic heterocycles. The Hall–Kier alpha value is -2.44. The number of benzene rings is 1. The van der Waals surface area contributed by atoms with Crippen molar-refractivity contribution < 1.29 is 9.59 Å². The second-order valence-corrected chi connectivity index (χ2v) is 5.91. The molecule has 0 bridgehead atoms. The van der Waals surface area contributed by atoms with E-state index >= 15 is 0 Å². The number of rotatable bonds is 3. The number of carbonyl (C=O) groups is 2. The molecule has 1 saturated heterocycles. The highest BCUT2D eigenvalue weighted by atomic mass is 16.2. The number of hydrogen-bond donors (Lipinski definition) is 1. The molecule has 1 N–H and O–H groups in total. The average Bonchev–Trinajstić information content (AvgIpc) is 2.91. The second kappa shape index (κ2) is 5.40. The van der Waals surface area contributed by atoms with Gasteiger partial charge in [-0.15, -0.1) is 5.10 Å². The van der Waals surface area contributed by atoms with Crippen LogP contribution in [0.5, 0.6) is 0 Å². The van der Waals surface area contributed by atoms with Gasteiger partial charge in [-0.25, -0.2) is 4.68 Å². The van der Waals surface area contributed by atoms with Crippen molar-refractivity contribution in [3.8, 4) is 0 Å². The highest BCUT2D eigenvalue weighted by Gasteiger charge is 2.40. The minimum Gasteiger partial charge on any atom is -0.352 e. The molecule has 1 aliphatic rings. The fourth-order valence-electron chi connectivity index (χ4n) is 2.76. The molecular weight excluding hydrogens is 282 g/mol. The second-order valence-electron chi connectivity index (χ2n) is 5.91. The zero-order valence-electron chi connectivity index (χ0n) is 12.7. The van der Waals surface area contributed by atoms with E-state index in [9.17, 15) is 9.59 Å². The minimum atomic E-state index is -0.806. The van der Waals surface area contributed by atoms with Crippen molar-refractivity contribution in [1.29, 1.82) is 0 Å². The number of hydrogen-bond acceptors (Lipinski definition) is 4. The van der Waals surface area contributed by atoms with Gasteiger partial charge in [0.2, 0.25) is 11.8 Å². The number of nitrogens with one attached hydrogen (secondary N) is 1. The Morgan fingerprint density at radius 1 is 1.36 bits per heavy atom. The Balaban J connectivity index is 1.71. The van der Waals surface area contributed by atoms with Crippen molar-refractivity contribution in [2.75, 3.05) is 13.1 Å². The molecule has 0 saturated carbocycles. The summed E-state index contributed by atoms with van der Waals surface area (Å²) in [5.41, 5.74) is 0.915.